The average Bonchev–Trinajstić information content (AvgIpc) is 3.48. The molecule has 1 amide bonds. The molecule has 4 aliphatic carbocycles. The number of carbonyl (C=O) groups is 1. The van der Waals surface area contributed by atoms with E-state index in [9.17, 15) is 28.1 Å². The van der Waals surface area contributed by atoms with Crippen molar-refractivity contribution in [3.8, 4) is 0 Å². The van der Waals surface area contributed by atoms with Crippen LogP contribution in [0.4, 0.5) is 24.5 Å². The van der Waals surface area contributed by atoms with Crippen molar-refractivity contribution in [2.75, 3.05) is 5.32 Å². The quantitative estimate of drug-likeness (QED) is 0.327. The van der Waals surface area contributed by atoms with Gasteiger partial charge in [-0.3, -0.25) is 24.3 Å². The molecule has 0 aliphatic heterocycles. The molecular formula is C26H27F3N6O3. The molecule has 3 aromatic rings. The highest BCUT2D eigenvalue weighted by Crippen LogP contribution is 2.65. The highest BCUT2D eigenvalue weighted by molar-refractivity contribution is 5.91. The molecule has 12 heteroatoms. The zero-order valence-electron chi connectivity index (χ0n) is 20.5. The normalized spacial score (nSPS) is 28.0. The highest BCUT2D eigenvalue weighted by Gasteiger charge is 2.59. The lowest BCUT2D eigenvalue weighted by Crippen LogP contribution is -2.57. The minimum atomic E-state index is -4.42. The molecule has 0 spiro atoms. The van der Waals surface area contributed by atoms with Crippen LogP contribution in [-0.4, -0.2) is 30.4 Å². The summed E-state index contributed by atoms with van der Waals surface area (Å²) < 4.78 is 42.3. The van der Waals surface area contributed by atoms with Crippen LogP contribution in [0.25, 0.3) is 0 Å². The molecule has 2 heterocycles. The molecule has 9 nitrogen and oxygen atoms in total. The van der Waals surface area contributed by atoms with E-state index in [1.54, 1.807) is 16.9 Å². The maximum absolute atomic E-state index is 13.2. The number of hydrogen-bond acceptors (Lipinski definition) is 5. The molecule has 4 aliphatic rings. The molecule has 4 bridgehead atoms. The Bertz CT molecular complexity index is 1380. The van der Waals surface area contributed by atoms with Crippen LogP contribution in [0.3, 0.4) is 0 Å². The van der Waals surface area contributed by atoms with Gasteiger partial charge in [0, 0.05) is 12.6 Å². The third kappa shape index (κ3) is 4.56. The van der Waals surface area contributed by atoms with E-state index < -0.39 is 16.7 Å². The lowest BCUT2D eigenvalue weighted by molar-refractivity contribution is -0.385. The lowest BCUT2D eigenvalue weighted by atomic mass is 9.46. The van der Waals surface area contributed by atoms with Crippen molar-refractivity contribution in [2.45, 2.75) is 63.2 Å². The van der Waals surface area contributed by atoms with Gasteiger partial charge >= 0.3 is 11.9 Å². The van der Waals surface area contributed by atoms with Crippen molar-refractivity contribution in [2.24, 2.45) is 17.3 Å². The number of benzene rings is 1. The summed E-state index contributed by atoms with van der Waals surface area (Å²) >= 11 is 0. The standard InChI is InChI=1S/C26H27F3N6O3/c27-26(28,29)20-3-1-2-17(5-20)13-33-14-21(11-30-33)32-23(36)10-24-6-18-4-19(7-24)9-25(8-18,16-24)34-15-22(12-31-34)35(37)38/h1-3,5,11-12,14-15,18-19H,4,6-10,13,16H2,(H,32,36). The summed E-state index contributed by atoms with van der Waals surface area (Å²) in [5.41, 5.74) is -0.275. The Kier molecular flexibility index (Phi) is 5.62. The first-order valence-corrected chi connectivity index (χ1v) is 12.7. The van der Waals surface area contributed by atoms with Gasteiger partial charge in [0.15, 0.2) is 0 Å². The van der Waals surface area contributed by atoms with Crippen LogP contribution in [0.1, 0.15) is 56.1 Å². The van der Waals surface area contributed by atoms with E-state index in [2.05, 4.69) is 15.5 Å². The number of nitrogens with one attached hydrogen (secondary N) is 1. The van der Waals surface area contributed by atoms with E-state index in [0.29, 0.717) is 29.5 Å². The van der Waals surface area contributed by atoms with Gasteiger partial charge in [-0.25, -0.2) is 0 Å². The molecule has 4 fully saturated rings. The molecular weight excluding hydrogens is 501 g/mol. The Morgan fingerprint density at radius 1 is 1.13 bits per heavy atom. The number of anilines is 1. The van der Waals surface area contributed by atoms with Crippen molar-refractivity contribution >= 4 is 17.3 Å². The Morgan fingerprint density at radius 2 is 1.89 bits per heavy atom. The van der Waals surface area contributed by atoms with E-state index in [4.69, 9.17) is 0 Å². The van der Waals surface area contributed by atoms with Gasteiger partial charge in [0.05, 0.1) is 34.5 Å². The zero-order chi connectivity index (χ0) is 26.7. The van der Waals surface area contributed by atoms with E-state index in [0.717, 1.165) is 50.7 Å². The highest BCUT2D eigenvalue weighted by atomic mass is 19.4. The van der Waals surface area contributed by atoms with Gasteiger partial charge in [-0.15, -0.1) is 0 Å². The second-order valence-corrected chi connectivity index (χ2v) is 11.4. The summed E-state index contributed by atoms with van der Waals surface area (Å²) in [5.74, 6) is 0.789. The predicted octanol–water partition coefficient (Wildman–Crippen LogP) is 5.38. The average molecular weight is 529 g/mol. The molecule has 7 rings (SSSR count). The topological polar surface area (TPSA) is 108 Å². The summed E-state index contributed by atoms with van der Waals surface area (Å²) in [6.45, 7) is 0.144. The summed E-state index contributed by atoms with van der Waals surface area (Å²) in [7, 11) is 0. The molecule has 0 saturated heterocycles. The lowest BCUT2D eigenvalue weighted by Gasteiger charge is -2.61. The molecule has 4 saturated carbocycles. The van der Waals surface area contributed by atoms with Crippen LogP contribution in [0.5, 0.6) is 0 Å². The molecule has 1 aromatic carbocycles. The third-order valence-corrected chi connectivity index (χ3v) is 8.47. The van der Waals surface area contributed by atoms with Gasteiger partial charge in [-0.2, -0.15) is 23.4 Å². The fourth-order valence-electron chi connectivity index (χ4n) is 7.64. The van der Waals surface area contributed by atoms with Crippen LogP contribution in [0.2, 0.25) is 0 Å². The van der Waals surface area contributed by atoms with Gasteiger partial charge in [-0.05, 0) is 73.5 Å². The first-order valence-electron chi connectivity index (χ1n) is 12.7. The maximum atomic E-state index is 13.2. The minimum absolute atomic E-state index is 0.0188. The van der Waals surface area contributed by atoms with E-state index in [-0.39, 0.29) is 29.1 Å². The first-order chi connectivity index (χ1) is 18.0. The van der Waals surface area contributed by atoms with E-state index >= 15 is 0 Å². The number of halogens is 3. The monoisotopic (exact) mass is 528 g/mol. The van der Waals surface area contributed by atoms with Crippen molar-refractivity contribution in [1.29, 1.82) is 0 Å². The number of rotatable bonds is 7. The number of alkyl halides is 3. The summed E-state index contributed by atoms with van der Waals surface area (Å²) in [5, 5.41) is 22.7. The largest absolute Gasteiger partial charge is 0.416 e. The van der Waals surface area contributed by atoms with Gasteiger partial charge in [0.2, 0.25) is 5.91 Å². The Balaban J connectivity index is 1.14. The van der Waals surface area contributed by atoms with Crippen LogP contribution in [0.15, 0.2) is 49.1 Å². The molecule has 2 unspecified atom stereocenters. The molecule has 1 N–H and O–H groups in total. The summed E-state index contributed by atoms with van der Waals surface area (Å²) in [4.78, 5) is 24.0. The molecule has 0 radical (unpaired) electrons. The number of carbonyl (C=O) groups excluding carboxylic acids is 1. The van der Waals surface area contributed by atoms with Crippen LogP contribution >= 0.6 is 0 Å². The van der Waals surface area contributed by atoms with Gasteiger partial charge in [0.1, 0.15) is 12.4 Å². The summed E-state index contributed by atoms with van der Waals surface area (Å²) in [6, 6.07) is 5.09. The predicted molar refractivity (Wildman–Crippen MR) is 130 cm³/mol. The number of hydrogen-bond donors (Lipinski definition) is 1. The number of amides is 1. The maximum Gasteiger partial charge on any atom is 0.416 e. The SMILES string of the molecule is O=C(CC12CC3CC(C1)CC(n1cc([N+](=O)[O-])cn1)(C3)C2)Nc1cnn(Cc2cccc(C(F)(F)F)c2)c1. The summed E-state index contributed by atoms with van der Waals surface area (Å²) in [6.07, 6.45) is 7.50. The molecule has 200 valence electrons. The van der Waals surface area contributed by atoms with Gasteiger partial charge < -0.3 is 5.32 Å². The number of aromatic nitrogens is 4. The third-order valence-electron chi connectivity index (χ3n) is 8.47. The second kappa shape index (κ2) is 8.67. The Hall–Kier alpha value is -3.70. The first kappa shape index (κ1) is 24.6. The van der Waals surface area contributed by atoms with E-state index in [1.165, 1.54) is 29.3 Å². The molecule has 38 heavy (non-hydrogen) atoms. The van der Waals surface area contributed by atoms with Crippen molar-refractivity contribution in [3.63, 3.8) is 0 Å². The Labute approximate surface area is 216 Å². The Morgan fingerprint density at radius 3 is 2.58 bits per heavy atom. The van der Waals surface area contributed by atoms with Crippen LogP contribution in [-0.2, 0) is 23.1 Å². The fourth-order valence-corrected chi connectivity index (χ4v) is 7.64. The van der Waals surface area contributed by atoms with Crippen LogP contribution < -0.4 is 5.32 Å². The van der Waals surface area contributed by atoms with Crippen molar-refractivity contribution in [3.05, 3.63) is 70.3 Å². The van der Waals surface area contributed by atoms with Crippen molar-refractivity contribution in [1.82, 2.24) is 19.6 Å². The second-order valence-electron chi connectivity index (χ2n) is 11.4. The zero-order valence-corrected chi connectivity index (χ0v) is 20.5. The van der Waals surface area contributed by atoms with Gasteiger partial charge in [-0.1, -0.05) is 12.1 Å². The molecule has 2 atom stereocenters. The molecule has 2 aromatic heterocycles. The van der Waals surface area contributed by atoms with E-state index in [1.807, 2.05) is 0 Å². The smallest absolute Gasteiger partial charge is 0.323 e. The van der Waals surface area contributed by atoms with Crippen molar-refractivity contribution < 1.29 is 22.9 Å². The minimum Gasteiger partial charge on any atom is -0.323 e. The fraction of sp³-hybridized carbons (Fsp3) is 0.500. The number of nitro groups is 1. The van der Waals surface area contributed by atoms with Crippen LogP contribution in [0, 0.1) is 27.4 Å². The van der Waals surface area contributed by atoms with Gasteiger partial charge in [0.25, 0.3) is 0 Å². The number of nitrogens with zero attached hydrogens (tertiary/aromatic N) is 5.